The summed E-state index contributed by atoms with van der Waals surface area (Å²) in [6, 6.07) is 0. The highest BCUT2D eigenvalue weighted by atomic mass is 16.8. The van der Waals surface area contributed by atoms with Crippen LogP contribution in [0.25, 0.3) is 0 Å². The summed E-state index contributed by atoms with van der Waals surface area (Å²) in [4.78, 5) is 11.0. The van der Waals surface area contributed by atoms with E-state index < -0.39 is 18.0 Å². The molecular weight excluding hydrogens is 240 g/mol. The Bertz CT molecular complexity index is 350. The summed E-state index contributed by atoms with van der Waals surface area (Å²) in [6.45, 7) is 3.64. The van der Waals surface area contributed by atoms with Crippen molar-refractivity contribution in [3.8, 4) is 0 Å². The molecule has 0 aromatic carbocycles. The molecule has 6 heteroatoms. The first-order chi connectivity index (χ1) is 8.46. The monoisotopic (exact) mass is 258 g/mol. The van der Waals surface area contributed by atoms with Crippen molar-refractivity contribution in [2.24, 2.45) is 0 Å². The first-order valence-electron chi connectivity index (χ1n) is 5.77. The van der Waals surface area contributed by atoms with Crippen molar-refractivity contribution < 1.29 is 28.5 Å². The number of ether oxygens (including phenoxy) is 5. The van der Waals surface area contributed by atoms with Crippen LogP contribution in [0.3, 0.4) is 0 Å². The van der Waals surface area contributed by atoms with Crippen LogP contribution in [0.4, 0.5) is 0 Å². The molecule has 6 nitrogen and oxygen atoms in total. The van der Waals surface area contributed by atoms with Crippen LogP contribution in [0, 0.1) is 0 Å². The van der Waals surface area contributed by atoms with Crippen LogP contribution in [0.15, 0.2) is 12.2 Å². The van der Waals surface area contributed by atoms with Crippen molar-refractivity contribution >= 4 is 5.97 Å². The molecule has 18 heavy (non-hydrogen) atoms. The number of esters is 1. The van der Waals surface area contributed by atoms with E-state index in [1.807, 2.05) is 13.8 Å². The first kappa shape index (κ1) is 13.5. The summed E-state index contributed by atoms with van der Waals surface area (Å²) in [7, 11) is 2.89. The zero-order valence-electron chi connectivity index (χ0n) is 10.9. The SMILES string of the molecule is COC(=O)C=C[C@H]1O[C@@H]2OC(C)(C)O[C@@H]2[C@H]1OC. The van der Waals surface area contributed by atoms with Crippen LogP contribution in [0.2, 0.25) is 0 Å². The smallest absolute Gasteiger partial charge is 0.330 e. The summed E-state index contributed by atoms with van der Waals surface area (Å²) in [6.07, 6.45) is 1.44. The average molecular weight is 258 g/mol. The minimum atomic E-state index is -0.677. The van der Waals surface area contributed by atoms with E-state index in [0.29, 0.717) is 0 Å². The molecule has 0 bridgehead atoms. The predicted molar refractivity (Wildman–Crippen MR) is 60.7 cm³/mol. The van der Waals surface area contributed by atoms with Crippen LogP contribution >= 0.6 is 0 Å². The second kappa shape index (κ2) is 4.97. The van der Waals surface area contributed by atoms with Crippen LogP contribution in [-0.2, 0) is 28.5 Å². The lowest BCUT2D eigenvalue weighted by atomic mass is 10.1. The van der Waals surface area contributed by atoms with E-state index in [4.69, 9.17) is 18.9 Å². The molecular formula is C12H18O6. The van der Waals surface area contributed by atoms with Gasteiger partial charge in [0.05, 0.1) is 7.11 Å². The van der Waals surface area contributed by atoms with Crippen molar-refractivity contribution in [1.29, 1.82) is 0 Å². The van der Waals surface area contributed by atoms with Crippen molar-refractivity contribution in [3.05, 3.63) is 12.2 Å². The first-order valence-corrected chi connectivity index (χ1v) is 5.77. The maximum atomic E-state index is 11.0. The minimum Gasteiger partial charge on any atom is -0.466 e. The molecule has 0 unspecified atom stereocenters. The highest BCUT2D eigenvalue weighted by Crippen LogP contribution is 2.38. The third-order valence-electron chi connectivity index (χ3n) is 2.92. The molecule has 0 radical (unpaired) electrons. The van der Waals surface area contributed by atoms with Crippen LogP contribution in [0.5, 0.6) is 0 Å². The normalized spacial score (nSPS) is 38.0. The van der Waals surface area contributed by atoms with E-state index in [1.165, 1.54) is 13.2 Å². The van der Waals surface area contributed by atoms with Gasteiger partial charge in [0, 0.05) is 13.2 Å². The second-order valence-electron chi connectivity index (χ2n) is 4.65. The number of rotatable bonds is 3. The zero-order chi connectivity index (χ0) is 13.3. The lowest BCUT2D eigenvalue weighted by molar-refractivity contribution is -0.210. The molecule has 2 aliphatic heterocycles. The van der Waals surface area contributed by atoms with Gasteiger partial charge in [0.1, 0.15) is 18.3 Å². The van der Waals surface area contributed by atoms with Crippen molar-refractivity contribution in [2.45, 2.75) is 44.2 Å². The van der Waals surface area contributed by atoms with E-state index in [-0.39, 0.29) is 18.3 Å². The average Bonchev–Trinajstić information content (AvgIpc) is 2.76. The molecule has 0 saturated carbocycles. The summed E-state index contributed by atoms with van der Waals surface area (Å²) in [5, 5.41) is 0. The summed E-state index contributed by atoms with van der Waals surface area (Å²) in [5.41, 5.74) is 0. The molecule has 0 N–H and O–H groups in total. The van der Waals surface area contributed by atoms with Gasteiger partial charge >= 0.3 is 5.97 Å². The van der Waals surface area contributed by atoms with Gasteiger partial charge in [0.2, 0.25) is 0 Å². The predicted octanol–water partition coefficient (Wildman–Crippen LogP) is 0.607. The summed E-state index contributed by atoms with van der Waals surface area (Å²) >= 11 is 0. The molecule has 0 aromatic rings. The Hall–Kier alpha value is -0.950. The minimum absolute atomic E-state index is 0.294. The van der Waals surface area contributed by atoms with E-state index in [9.17, 15) is 4.79 Å². The van der Waals surface area contributed by atoms with Gasteiger partial charge in [0.15, 0.2) is 12.1 Å². The number of fused-ring (bicyclic) bond motifs is 1. The summed E-state index contributed by atoms with van der Waals surface area (Å²) < 4.78 is 26.8. The molecule has 0 amide bonds. The number of methoxy groups -OCH3 is 2. The number of carbonyl (C=O) groups is 1. The third-order valence-corrected chi connectivity index (χ3v) is 2.92. The molecule has 0 spiro atoms. The third kappa shape index (κ3) is 2.56. The van der Waals surface area contributed by atoms with Gasteiger partial charge in [-0.15, -0.1) is 0 Å². The number of carbonyl (C=O) groups excluding carboxylic acids is 1. The Kier molecular flexibility index (Phi) is 3.72. The standard InChI is InChI=1S/C12H18O6/c1-12(2)17-10-9(15-4)7(16-11(10)18-12)5-6-8(13)14-3/h5-7,9-11H,1-4H3/t7-,9+,10-,11-/m1/s1. The Morgan fingerprint density at radius 2 is 2.00 bits per heavy atom. The Morgan fingerprint density at radius 1 is 1.28 bits per heavy atom. The molecule has 4 atom stereocenters. The fourth-order valence-corrected chi connectivity index (χ4v) is 2.17. The molecule has 2 aliphatic rings. The molecule has 0 aromatic heterocycles. The van der Waals surface area contributed by atoms with Crippen molar-refractivity contribution in [2.75, 3.05) is 14.2 Å². The Labute approximate surface area is 106 Å². The second-order valence-corrected chi connectivity index (χ2v) is 4.65. The Balaban J connectivity index is 2.04. The van der Waals surface area contributed by atoms with E-state index in [2.05, 4.69) is 4.74 Å². The van der Waals surface area contributed by atoms with Crippen LogP contribution < -0.4 is 0 Å². The molecule has 0 aliphatic carbocycles. The Morgan fingerprint density at radius 3 is 2.61 bits per heavy atom. The van der Waals surface area contributed by atoms with Crippen LogP contribution in [0.1, 0.15) is 13.8 Å². The van der Waals surface area contributed by atoms with Gasteiger partial charge in [-0.2, -0.15) is 0 Å². The quantitative estimate of drug-likeness (QED) is 0.546. The highest BCUT2D eigenvalue weighted by molar-refractivity contribution is 5.81. The van der Waals surface area contributed by atoms with Gasteiger partial charge in [-0.3, -0.25) is 0 Å². The molecule has 2 heterocycles. The van der Waals surface area contributed by atoms with Crippen molar-refractivity contribution in [3.63, 3.8) is 0 Å². The largest absolute Gasteiger partial charge is 0.466 e. The lowest BCUT2D eigenvalue weighted by Gasteiger charge is -2.23. The van der Waals surface area contributed by atoms with Crippen molar-refractivity contribution in [1.82, 2.24) is 0 Å². The number of hydrogen-bond donors (Lipinski definition) is 0. The van der Waals surface area contributed by atoms with Gasteiger partial charge in [-0.05, 0) is 19.9 Å². The number of hydrogen-bond acceptors (Lipinski definition) is 6. The van der Waals surface area contributed by atoms with E-state index in [0.717, 1.165) is 0 Å². The fourth-order valence-electron chi connectivity index (χ4n) is 2.17. The molecule has 2 fully saturated rings. The maximum Gasteiger partial charge on any atom is 0.330 e. The van der Waals surface area contributed by atoms with Gasteiger partial charge < -0.3 is 23.7 Å². The fraction of sp³-hybridized carbons (Fsp3) is 0.750. The zero-order valence-corrected chi connectivity index (χ0v) is 10.9. The lowest BCUT2D eigenvalue weighted by Crippen LogP contribution is -2.35. The molecule has 102 valence electrons. The van der Waals surface area contributed by atoms with Gasteiger partial charge in [0.25, 0.3) is 0 Å². The summed E-state index contributed by atoms with van der Waals surface area (Å²) in [5.74, 6) is -1.11. The molecule has 2 rings (SSSR count). The van der Waals surface area contributed by atoms with Gasteiger partial charge in [-0.25, -0.2) is 4.79 Å². The van der Waals surface area contributed by atoms with Gasteiger partial charge in [-0.1, -0.05) is 0 Å². The molecule has 2 saturated heterocycles. The van der Waals surface area contributed by atoms with Crippen LogP contribution in [-0.4, -0.2) is 50.6 Å². The topological polar surface area (TPSA) is 63.2 Å². The highest BCUT2D eigenvalue weighted by Gasteiger charge is 2.54. The van der Waals surface area contributed by atoms with E-state index >= 15 is 0 Å². The maximum absolute atomic E-state index is 11.0. The van der Waals surface area contributed by atoms with E-state index in [1.54, 1.807) is 13.2 Å².